The molecular formula is C23H25ClN2O2. The molecule has 0 aromatic heterocycles. The molecule has 2 amide bonds. The molecule has 0 spiro atoms. The van der Waals surface area contributed by atoms with Crippen molar-refractivity contribution in [3.8, 4) is 0 Å². The summed E-state index contributed by atoms with van der Waals surface area (Å²) in [5.74, 6) is 0.260. The number of carbonyl (C=O) groups is 2. The van der Waals surface area contributed by atoms with Crippen molar-refractivity contribution < 1.29 is 9.59 Å². The van der Waals surface area contributed by atoms with E-state index in [2.05, 4.69) is 5.32 Å². The van der Waals surface area contributed by atoms with Crippen LogP contribution >= 0.6 is 11.6 Å². The quantitative estimate of drug-likeness (QED) is 0.788. The first kappa shape index (κ1) is 19.0. The highest BCUT2D eigenvalue weighted by Gasteiger charge is 2.47. The van der Waals surface area contributed by atoms with Gasteiger partial charge < -0.3 is 10.2 Å². The molecule has 1 aliphatic heterocycles. The number of nitrogens with one attached hydrogen (secondary N) is 1. The van der Waals surface area contributed by atoms with E-state index in [1.165, 1.54) is 6.42 Å². The number of halogens is 1. The lowest BCUT2D eigenvalue weighted by atomic mass is 9.84. The van der Waals surface area contributed by atoms with E-state index in [0.29, 0.717) is 16.5 Å². The lowest BCUT2D eigenvalue weighted by Gasteiger charge is -2.33. The Labute approximate surface area is 170 Å². The number of rotatable bonds is 3. The fourth-order valence-corrected chi connectivity index (χ4v) is 4.93. The standard InChI is InChI=1S/C23H25ClN2O2/c1-15-13-18(24)11-12-19(15)25-22(27)21-14-17-9-5-6-10-20(17)26(21)23(28)16-7-3-2-4-8-16/h2-4,7-8,11-13,17,20-21H,5-6,9-10,14H2,1H3,(H,25,27). The normalized spacial score (nSPS) is 23.9. The van der Waals surface area contributed by atoms with Gasteiger partial charge in [-0.1, -0.05) is 42.6 Å². The zero-order valence-corrected chi connectivity index (χ0v) is 16.8. The summed E-state index contributed by atoms with van der Waals surface area (Å²) in [4.78, 5) is 28.4. The van der Waals surface area contributed by atoms with E-state index in [1.54, 1.807) is 6.07 Å². The summed E-state index contributed by atoms with van der Waals surface area (Å²) in [7, 11) is 0. The van der Waals surface area contributed by atoms with Gasteiger partial charge in [-0.3, -0.25) is 9.59 Å². The van der Waals surface area contributed by atoms with E-state index in [1.807, 2.05) is 54.3 Å². The van der Waals surface area contributed by atoms with Crippen LogP contribution in [0.5, 0.6) is 0 Å². The third kappa shape index (κ3) is 3.66. The molecule has 1 saturated heterocycles. The first-order valence-electron chi connectivity index (χ1n) is 9.99. The third-order valence-electron chi connectivity index (χ3n) is 6.09. The Hall–Kier alpha value is -2.33. The van der Waals surface area contributed by atoms with Gasteiger partial charge in [0, 0.05) is 22.3 Å². The number of anilines is 1. The minimum atomic E-state index is -0.434. The highest BCUT2D eigenvalue weighted by Crippen LogP contribution is 2.41. The second-order valence-electron chi connectivity index (χ2n) is 7.89. The van der Waals surface area contributed by atoms with Crippen molar-refractivity contribution in [3.63, 3.8) is 0 Å². The van der Waals surface area contributed by atoms with E-state index >= 15 is 0 Å². The lowest BCUT2D eigenvalue weighted by Crippen LogP contribution is -2.47. The molecule has 5 heteroatoms. The molecule has 2 fully saturated rings. The zero-order valence-electron chi connectivity index (χ0n) is 16.0. The summed E-state index contributed by atoms with van der Waals surface area (Å²) in [5.41, 5.74) is 2.31. The molecule has 3 atom stereocenters. The Bertz CT molecular complexity index is 883. The van der Waals surface area contributed by atoms with Crippen molar-refractivity contribution in [2.45, 2.75) is 51.1 Å². The number of hydrogen-bond acceptors (Lipinski definition) is 2. The van der Waals surface area contributed by atoms with Crippen LogP contribution in [0, 0.1) is 12.8 Å². The van der Waals surface area contributed by atoms with Gasteiger partial charge in [0.2, 0.25) is 5.91 Å². The van der Waals surface area contributed by atoms with Gasteiger partial charge >= 0.3 is 0 Å². The molecule has 2 aromatic carbocycles. The Morgan fingerprint density at radius 3 is 2.57 bits per heavy atom. The second kappa shape index (κ2) is 7.96. The van der Waals surface area contributed by atoms with Gasteiger partial charge in [-0.15, -0.1) is 0 Å². The molecule has 1 N–H and O–H groups in total. The summed E-state index contributed by atoms with van der Waals surface area (Å²) < 4.78 is 0. The minimum absolute atomic E-state index is 0.0389. The predicted octanol–water partition coefficient (Wildman–Crippen LogP) is 5.06. The molecule has 2 aromatic rings. The summed E-state index contributed by atoms with van der Waals surface area (Å²) in [6.45, 7) is 1.92. The second-order valence-corrected chi connectivity index (χ2v) is 8.33. The van der Waals surface area contributed by atoms with Gasteiger partial charge in [-0.25, -0.2) is 0 Å². The lowest BCUT2D eigenvalue weighted by molar-refractivity contribution is -0.120. The summed E-state index contributed by atoms with van der Waals surface area (Å²) in [5, 5.41) is 3.68. The van der Waals surface area contributed by atoms with Crippen LogP contribution in [0.25, 0.3) is 0 Å². The number of aryl methyl sites for hydroxylation is 1. The fraction of sp³-hybridized carbons (Fsp3) is 0.391. The monoisotopic (exact) mass is 396 g/mol. The van der Waals surface area contributed by atoms with Crippen LogP contribution in [0.2, 0.25) is 5.02 Å². The van der Waals surface area contributed by atoms with Crippen molar-refractivity contribution in [1.29, 1.82) is 0 Å². The van der Waals surface area contributed by atoms with Crippen LogP contribution in [-0.2, 0) is 4.79 Å². The smallest absolute Gasteiger partial charge is 0.254 e. The van der Waals surface area contributed by atoms with Crippen LogP contribution < -0.4 is 5.32 Å². The van der Waals surface area contributed by atoms with Crippen molar-refractivity contribution in [3.05, 3.63) is 64.7 Å². The molecule has 4 nitrogen and oxygen atoms in total. The van der Waals surface area contributed by atoms with Gasteiger partial charge in [-0.05, 0) is 68.0 Å². The number of amides is 2. The maximum absolute atomic E-state index is 13.3. The van der Waals surface area contributed by atoms with Crippen LogP contribution in [0.15, 0.2) is 48.5 Å². The molecule has 0 bridgehead atoms. The SMILES string of the molecule is Cc1cc(Cl)ccc1NC(=O)C1CC2CCCCC2N1C(=O)c1ccccc1. The maximum atomic E-state index is 13.3. The molecule has 1 heterocycles. The highest BCUT2D eigenvalue weighted by molar-refractivity contribution is 6.30. The average molecular weight is 397 g/mol. The first-order chi connectivity index (χ1) is 13.5. The summed E-state index contributed by atoms with van der Waals surface area (Å²) >= 11 is 6.03. The van der Waals surface area contributed by atoms with Gasteiger partial charge in [0.15, 0.2) is 0 Å². The van der Waals surface area contributed by atoms with Crippen LogP contribution in [-0.4, -0.2) is 28.8 Å². The van der Waals surface area contributed by atoms with Crippen molar-refractivity contribution >= 4 is 29.1 Å². The Morgan fingerprint density at radius 1 is 1.07 bits per heavy atom. The van der Waals surface area contributed by atoms with Gasteiger partial charge in [0.1, 0.15) is 6.04 Å². The number of carbonyl (C=O) groups excluding carboxylic acids is 2. The zero-order chi connectivity index (χ0) is 19.7. The minimum Gasteiger partial charge on any atom is -0.324 e. The third-order valence-corrected chi connectivity index (χ3v) is 6.33. The molecule has 4 rings (SSSR count). The van der Waals surface area contributed by atoms with E-state index in [-0.39, 0.29) is 17.9 Å². The molecule has 1 aliphatic carbocycles. The fourth-order valence-electron chi connectivity index (χ4n) is 4.70. The van der Waals surface area contributed by atoms with Crippen LogP contribution in [0.3, 0.4) is 0 Å². The predicted molar refractivity (Wildman–Crippen MR) is 112 cm³/mol. The largest absolute Gasteiger partial charge is 0.324 e. The van der Waals surface area contributed by atoms with Gasteiger partial charge in [0.25, 0.3) is 5.91 Å². The van der Waals surface area contributed by atoms with E-state index < -0.39 is 6.04 Å². The summed E-state index contributed by atoms with van der Waals surface area (Å²) in [6, 6.07) is 14.4. The molecule has 0 radical (unpaired) electrons. The van der Waals surface area contributed by atoms with Gasteiger partial charge in [-0.2, -0.15) is 0 Å². The number of fused-ring (bicyclic) bond motifs is 1. The van der Waals surface area contributed by atoms with E-state index in [0.717, 1.165) is 36.9 Å². The molecule has 1 saturated carbocycles. The maximum Gasteiger partial charge on any atom is 0.254 e. The number of likely N-dealkylation sites (tertiary alicyclic amines) is 1. The first-order valence-corrected chi connectivity index (χ1v) is 10.4. The van der Waals surface area contributed by atoms with Crippen molar-refractivity contribution in [2.75, 3.05) is 5.32 Å². The van der Waals surface area contributed by atoms with Crippen molar-refractivity contribution in [1.82, 2.24) is 4.90 Å². The van der Waals surface area contributed by atoms with Crippen LogP contribution in [0.4, 0.5) is 5.69 Å². The molecule has 146 valence electrons. The molecule has 3 unspecified atom stereocenters. The number of hydrogen-bond donors (Lipinski definition) is 1. The Kier molecular flexibility index (Phi) is 5.40. The summed E-state index contributed by atoms with van der Waals surface area (Å²) in [6.07, 6.45) is 5.10. The van der Waals surface area contributed by atoms with Gasteiger partial charge in [0.05, 0.1) is 0 Å². The molecular weight excluding hydrogens is 372 g/mol. The molecule has 2 aliphatic rings. The Morgan fingerprint density at radius 2 is 1.82 bits per heavy atom. The average Bonchev–Trinajstić information content (AvgIpc) is 3.10. The van der Waals surface area contributed by atoms with Crippen molar-refractivity contribution in [2.24, 2.45) is 5.92 Å². The topological polar surface area (TPSA) is 49.4 Å². The van der Waals surface area contributed by atoms with E-state index in [9.17, 15) is 9.59 Å². The number of nitrogens with zero attached hydrogens (tertiary/aromatic N) is 1. The molecule has 28 heavy (non-hydrogen) atoms. The van der Waals surface area contributed by atoms with E-state index in [4.69, 9.17) is 11.6 Å². The number of benzene rings is 2. The van der Waals surface area contributed by atoms with Crippen LogP contribution in [0.1, 0.15) is 48.0 Å². The Balaban J connectivity index is 1.61. The highest BCUT2D eigenvalue weighted by atomic mass is 35.5.